The molecule has 1 N–H and O–H groups in total. The fourth-order valence-corrected chi connectivity index (χ4v) is 4.29. The van der Waals surface area contributed by atoms with Gasteiger partial charge >= 0.3 is 0 Å². The first-order valence-corrected chi connectivity index (χ1v) is 9.79. The molecule has 2 aliphatic rings. The van der Waals surface area contributed by atoms with Crippen LogP contribution in [0.15, 0.2) is 42.7 Å². The Labute approximate surface area is 169 Å². The first kappa shape index (κ1) is 18.1. The summed E-state index contributed by atoms with van der Waals surface area (Å²) in [6.07, 6.45) is 2.64. The van der Waals surface area contributed by atoms with E-state index in [1.807, 2.05) is 6.07 Å². The summed E-state index contributed by atoms with van der Waals surface area (Å²) >= 11 is 0. The van der Waals surface area contributed by atoms with Gasteiger partial charge in [0, 0.05) is 51.1 Å². The molecule has 2 aromatic carbocycles. The number of piperazine rings is 1. The Bertz CT molecular complexity index is 1040. The summed E-state index contributed by atoms with van der Waals surface area (Å²) < 4.78 is 28.3. The van der Waals surface area contributed by atoms with Gasteiger partial charge in [-0.15, -0.1) is 5.10 Å². The Morgan fingerprint density at radius 3 is 2.66 bits per heavy atom. The number of nitrogens with zero attached hydrogens (tertiary/aromatic N) is 5. The molecule has 152 valence electrons. The molecule has 6 nitrogen and oxygen atoms in total. The second-order valence-corrected chi connectivity index (χ2v) is 7.76. The van der Waals surface area contributed by atoms with Crippen molar-refractivity contribution in [2.75, 3.05) is 36.4 Å². The topological polar surface area (TPSA) is 49.2 Å². The molecule has 2 aliphatic heterocycles. The molecule has 2 atom stereocenters. The van der Waals surface area contributed by atoms with Gasteiger partial charge in [0.25, 0.3) is 0 Å². The Kier molecular flexibility index (Phi) is 4.43. The van der Waals surface area contributed by atoms with E-state index >= 15 is 0 Å². The average molecular weight is 398 g/mol. The molecule has 0 saturated carbocycles. The summed E-state index contributed by atoms with van der Waals surface area (Å²) in [7, 11) is 0. The lowest BCUT2D eigenvalue weighted by Gasteiger charge is -2.36. The van der Waals surface area contributed by atoms with Crippen LogP contribution in [-0.4, -0.2) is 51.9 Å². The van der Waals surface area contributed by atoms with Crippen molar-refractivity contribution in [2.24, 2.45) is 0 Å². The molecule has 0 amide bonds. The van der Waals surface area contributed by atoms with Gasteiger partial charge in [-0.25, -0.2) is 13.5 Å². The first-order chi connectivity index (χ1) is 14.0. The van der Waals surface area contributed by atoms with Crippen LogP contribution < -0.4 is 10.2 Å². The highest BCUT2D eigenvalue weighted by Crippen LogP contribution is 2.30. The van der Waals surface area contributed by atoms with Crippen molar-refractivity contribution in [3.63, 3.8) is 0 Å². The highest BCUT2D eigenvalue weighted by Gasteiger charge is 2.32. The summed E-state index contributed by atoms with van der Waals surface area (Å²) in [5, 5.41) is 7.53. The molecule has 29 heavy (non-hydrogen) atoms. The molecule has 1 aromatic heterocycles. The van der Waals surface area contributed by atoms with Gasteiger partial charge in [0.1, 0.15) is 18.0 Å². The van der Waals surface area contributed by atoms with Gasteiger partial charge in [0.05, 0.1) is 5.69 Å². The van der Waals surface area contributed by atoms with Crippen molar-refractivity contribution in [3.8, 4) is 5.69 Å². The van der Waals surface area contributed by atoms with Crippen molar-refractivity contribution in [1.29, 1.82) is 0 Å². The number of halogens is 2. The third-order valence-electron chi connectivity index (χ3n) is 5.60. The largest absolute Gasteiger partial charge is 0.366 e. The van der Waals surface area contributed by atoms with E-state index in [0.717, 1.165) is 37.0 Å². The smallest absolute Gasteiger partial charge is 0.246 e. The summed E-state index contributed by atoms with van der Waals surface area (Å²) in [4.78, 5) is 9.24. The molecule has 5 rings (SSSR count). The Hall–Kier alpha value is -3.00. The molecule has 0 radical (unpaired) electrons. The van der Waals surface area contributed by atoms with Gasteiger partial charge < -0.3 is 10.2 Å². The van der Waals surface area contributed by atoms with Gasteiger partial charge in [-0.3, -0.25) is 4.90 Å². The normalized spacial score (nSPS) is 20.9. The maximum atomic E-state index is 13.5. The van der Waals surface area contributed by atoms with Crippen LogP contribution in [0.3, 0.4) is 0 Å². The zero-order valence-electron chi connectivity index (χ0n) is 16.1. The second-order valence-electron chi connectivity index (χ2n) is 7.76. The van der Waals surface area contributed by atoms with E-state index in [0.29, 0.717) is 12.0 Å². The maximum absolute atomic E-state index is 13.5. The van der Waals surface area contributed by atoms with E-state index in [2.05, 4.69) is 44.3 Å². The number of rotatable bonds is 4. The van der Waals surface area contributed by atoms with Crippen molar-refractivity contribution in [2.45, 2.75) is 19.4 Å². The molecular formula is C21H24F2N6. The number of aromatic nitrogens is 3. The van der Waals surface area contributed by atoms with Crippen LogP contribution in [-0.2, 0) is 0 Å². The quantitative estimate of drug-likeness (QED) is 0.726. The minimum absolute atomic E-state index is 0. The highest BCUT2D eigenvalue weighted by molar-refractivity contribution is 5.64. The molecule has 3 aromatic rings. The van der Waals surface area contributed by atoms with E-state index < -0.39 is 11.6 Å². The number of nitrogens with one attached hydrogen (secondary N) is 1. The number of fused-ring (bicyclic) bond motifs is 2. The highest BCUT2D eigenvalue weighted by atomic mass is 19.1. The molecule has 2 saturated heterocycles. The van der Waals surface area contributed by atoms with Crippen LogP contribution in [0.1, 0.15) is 13.4 Å². The second kappa shape index (κ2) is 7.11. The van der Waals surface area contributed by atoms with Gasteiger partial charge in [0.2, 0.25) is 5.95 Å². The van der Waals surface area contributed by atoms with Crippen LogP contribution in [0.5, 0.6) is 0 Å². The Morgan fingerprint density at radius 1 is 1.00 bits per heavy atom. The molecule has 2 unspecified atom stereocenters. The molecule has 0 aliphatic carbocycles. The Morgan fingerprint density at radius 2 is 1.83 bits per heavy atom. The molecule has 3 heterocycles. The molecule has 8 heteroatoms. The van der Waals surface area contributed by atoms with Crippen LogP contribution >= 0.6 is 0 Å². The lowest BCUT2D eigenvalue weighted by atomic mass is 10.1. The summed E-state index contributed by atoms with van der Waals surface area (Å²) in [5.74, 6) is -0.933. The molecule has 2 bridgehead atoms. The van der Waals surface area contributed by atoms with E-state index in [9.17, 15) is 8.78 Å². The number of hydrogen-bond donors (Lipinski definition) is 1. The van der Waals surface area contributed by atoms with Gasteiger partial charge in [-0.05, 0) is 49.2 Å². The minimum atomic E-state index is -0.652. The minimum Gasteiger partial charge on any atom is -0.366 e. The van der Waals surface area contributed by atoms with Crippen molar-refractivity contribution in [1.82, 2.24) is 19.7 Å². The maximum Gasteiger partial charge on any atom is 0.246 e. The van der Waals surface area contributed by atoms with E-state index in [1.165, 1.54) is 41.8 Å². The predicted molar refractivity (Wildman–Crippen MR) is 110 cm³/mol. The molecule has 0 spiro atoms. The summed E-state index contributed by atoms with van der Waals surface area (Å²) in [6, 6.07) is 10.2. The summed E-state index contributed by atoms with van der Waals surface area (Å²) in [5.41, 5.74) is 3.53. The zero-order chi connectivity index (χ0) is 20.0. The number of anilines is 3. The standard InChI is InChI=1S/C21H22F2N6.H2/c1-14-6-17(11-19(7-14)28-5-4-27-3-2-18(28)12-27)25-21-24-13-29(26-21)20-9-15(22)8-16(23)10-20;/h6-11,13,18H,2-5,12H2,1H3,(H,25,26);1H. The van der Waals surface area contributed by atoms with E-state index in [-0.39, 0.29) is 7.11 Å². The van der Waals surface area contributed by atoms with Crippen LogP contribution in [0, 0.1) is 18.6 Å². The van der Waals surface area contributed by atoms with Crippen molar-refractivity contribution >= 4 is 17.3 Å². The lowest BCUT2D eigenvalue weighted by molar-refractivity contribution is 0.311. The lowest BCUT2D eigenvalue weighted by Crippen LogP contribution is -2.46. The monoisotopic (exact) mass is 398 g/mol. The first-order valence-electron chi connectivity index (χ1n) is 9.79. The average Bonchev–Trinajstić information content (AvgIpc) is 3.28. The van der Waals surface area contributed by atoms with Crippen molar-refractivity contribution < 1.29 is 10.2 Å². The number of aryl methyl sites for hydroxylation is 1. The fourth-order valence-electron chi connectivity index (χ4n) is 4.29. The van der Waals surface area contributed by atoms with E-state index in [4.69, 9.17) is 0 Å². The van der Waals surface area contributed by atoms with Gasteiger partial charge in [0.15, 0.2) is 0 Å². The van der Waals surface area contributed by atoms with Crippen LogP contribution in [0.4, 0.5) is 26.1 Å². The van der Waals surface area contributed by atoms with E-state index in [1.54, 1.807) is 0 Å². The third kappa shape index (κ3) is 3.67. The molecule has 2 fully saturated rings. The van der Waals surface area contributed by atoms with Crippen LogP contribution in [0.2, 0.25) is 0 Å². The third-order valence-corrected chi connectivity index (χ3v) is 5.60. The number of benzene rings is 2. The molecular weight excluding hydrogens is 374 g/mol. The fraction of sp³-hybridized carbons (Fsp3) is 0.333. The van der Waals surface area contributed by atoms with Crippen LogP contribution in [0.25, 0.3) is 5.69 Å². The Balaban J connectivity index is 0.00000218. The van der Waals surface area contributed by atoms with Gasteiger partial charge in [-0.2, -0.15) is 4.98 Å². The van der Waals surface area contributed by atoms with Crippen molar-refractivity contribution in [3.05, 3.63) is 59.9 Å². The summed E-state index contributed by atoms with van der Waals surface area (Å²) in [6.45, 7) is 6.52. The zero-order valence-corrected chi connectivity index (χ0v) is 16.1. The SMILES string of the molecule is Cc1cc(Nc2ncn(-c3cc(F)cc(F)c3)n2)cc(N2CCN3CCC2C3)c1.[HH]. The predicted octanol–water partition coefficient (Wildman–Crippen LogP) is 3.74. The van der Waals surface area contributed by atoms with Gasteiger partial charge in [-0.1, -0.05) is 0 Å². The number of hydrogen-bond acceptors (Lipinski definition) is 5.